The summed E-state index contributed by atoms with van der Waals surface area (Å²) in [6.45, 7) is 6.33. The summed E-state index contributed by atoms with van der Waals surface area (Å²) in [5.74, 6) is 0.723. The third-order valence-corrected chi connectivity index (χ3v) is 5.20. The van der Waals surface area contributed by atoms with E-state index in [1.54, 1.807) is 13.2 Å². The van der Waals surface area contributed by atoms with Crippen molar-refractivity contribution >= 4 is 46.3 Å². The lowest BCUT2D eigenvalue weighted by Crippen LogP contribution is -2.21. The average Bonchev–Trinajstić information content (AvgIpc) is 2.70. The number of hydrazone groups is 1. The number of carbonyl (C=O) groups excluding carboxylic acids is 2. The van der Waals surface area contributed by atoms with Crippen molar-refractivity contribution in [2.45, 2.75) is 33.6 Å². The van der Waals surface area contributed by atoms with Gasteiger partial charge in [-0.05, 0) is 78.3 Å². The molecule has 0 atom stereocenters. The molecule has 0 heterocycles. The van der Waals surface area contributed by atoms with Gasteiger partial charge in [0.2, 0.25) is 11.8 Å². The van der Waals surface area contributed by atoms with Crippen molar-refractivity contribution in [2.75, 3.05) is 19.0 Å². The van der Waals surface area contributed by atoms with Gasteiger partial charge < -0.3 is 14.8 Å². The van der Waals surface area contributed by atoms with Gasteiger partial charge in [0.05, 0.1) is 23.5 Å². The summed E-state index contributed by atoms with van der Waals surface area (Å²) in [4.78, 5) is 24.1. The van der Waals surface area contributed by atoms with Crippen LogP contribution in [-0.4, -0.2) is 31.7 Å². The summed E-state index contributed by atoms with van der Waals surface area (Å²) in [5, 5.41) is 6.81. The predicted octanol–water partition coefficient (Wildman–Crippen LogP) is 4.18. The van der Waals surface area contributed by atoms with Crippen LogP contribution in [0.25, 0.3) is 0 Å². The number of ether oxygens (including phenoxy) is 2. The van der Waals surface area contributed by atoms with E-state index in [2.05, 4.69) is 38.4 Å². The van der Waals surface area contributed by atoms with Crippen LogP contribution in [0.3, 0.4) is 0 Å². The lowest BCUT2D eigenvalue weighted by molar-refractivity contribution is -0.124. The first-order chi connectivity index (χ1) is 14.3. The quantitative estimate of drug-likeness (QED) is 0.293. The predicted molar refractivity (Wildman–Crippen MR) is 126 cm³/mol. The Morgan fingerprint density at radius 1 is 1.17 bits per heavy atom. The van der Waals surface area contributed by atoms with Crippen molar-refractivity contribution in [2.24, 2.45) is 5.10 Å². The standard InChI is InChI=1S/C22H26IN3O4/c1-5-30-19-12-16(11-17(23)22(19)29-4)13-24-26-21(28)10-9-20(27)25-18-8-6-7-14(2)15(18)3/h6-8,11-13H,5,9-10H2,1-4H3,(H,25,27)(H,26,28). The zero-order valence-electron chi connectivity index (χ0n) is 17.5. The number of nitrogens with one attached hydrogen (secondary N) is 2. The van der Waals surface area contributed by atoms with Crippen molar-refractivity contribution in [3.63, 3.8) is 0 Å². The van der Waals surface area contributed by atoms with Crippen LogP contribution in [0.1, 0.15) is 36.5 Å². The van der Waals surface area contributed by atoms with Crippen LogP contribution in [-0.2, 0) is 9.59 Å². The molecule has 7 nitrogen and oxygen atoms in total. The van der Waals surface area contributed by atoms with E-state index in [1.165, 1.54) is 6.21 Å². The van der Waals surface area contributed by atoms with Crippen LogP contribution >= 0.6 is 22.6 Å². The fourth-order valence-electron chi connectivity index (χ4n) is 2.68. The minimum Gasteiger partial charge on any atom is -0.492 e. The largest absolute Gasteiger partial charge is 0.492 e. The Kier molecular flexibility index (Phi) is 9.10. The maximum atomic E-state index is 12.1. The van der Waals surface area contributed by atoms with Crippen LogP contribution in [0.15, 0.2) is 35.4 Å². The zero-order valence-corrected chi connectivity index (χ0v) is 19.7. The molecule has 0 fully saturated rings. The second kappa shape index (κ2) is 11.5. The fraction of sp³-hybridized carbons (Fsp3) is 0.318. The molecule has 2 amide bonds. The zero-order chi connectivity index (χ0) is 22.1. The molecule has 0 saturated heterocycles. The van der Waals surface area contributed by atoms with Crippen LogP contribution in [0.4, 0.5) is 5.69 Å². The number of hydrogen-bond acceptors (Lipinski definition) is 5. The third kappa shape index (κ3) is 6.72. The summed E-state index contributed by atoms with van der Waals surface area (Å²) in [5.41, 5.74) is 6.08. The van der Waals surface area contributed by atoms with Crippen LogP contribution < -0.4 is 20.2 Å². The molecule has 2 aromatic carbocycles. The molecule has 0 aliphatic rings. The van der Waals surface area contributed by atoms with Crippen molar-refractivity contribution in [1.29, 1.82) is 0 Å². The number of anilines is 1. The molecule has 0 unspecified atom stereocenters. The average molecular weight is 523 g/mol. The molecule has 160 valence electrons. The Morgan fingerprint density at radius 3 is 2.60 bits per heavy atom. The van der Waals surface area contributed by atoms with E-state index in [0.717, 1.165) is 25.9 Å². The highest BCUT2D eigenvalue weighted by atomic mass is 127. The summed E-state index contributed by atoms with van der Waals surface area (Å²) < 4.78 is 11.8. The van der Waals surface area contributed by atoms with Gasteiger partial charge in [-0.1, -0.05) is 12.1 Å². The van der Waals surface area contributed by atoms with Gasteiger partial charge in [0.15, 0.2) is 11.5 Å². The monoisotopic (exact) mass is 523 g/mol. The van der Waals surface area contributed by atoms with Crippen LogP contribution in [0.5, 0.6) is 11.5 Å². The minimum atomic E-state index is -0.337. The van der Waals surface area contributed by atoms with Gasteiger partial charge in [-0.25, -0.2) is 5.43 Å². The van der Waals surface area contributed by atoms with Gasteiger partial charge in [0, 0.05) is 18.5 Å². The first-order valence-electron chi connectivity index (χ1n) is 9.54. The van der Waals surface area contributed by atoms with Gasteiger partial charge in [-0.3, -0.25) is 9.59 Å². The van der Waals surface area contributed by atoms with Gasteiger partial charge in [-0.2, -0.15) is 5.10 Å². The number of hydrogen-bond donors (Lipinski definition) is 2. The lowest BCUT2D eigenvalue weighted by atomic mass is 10.1. The second-order valence-corrected chi connectivity index (χ2v) is 7.72. The van der Waals surface area contributed by atoms with Crippen LogP contribution in [0.2, 0.25) is 0 Å². The molecule has 0 bridgehead atoms. The van der Waals surface area contributed by atoms with Gasteiger partial charge in [0.1, 0.15) is 0 Å². The topological polar surface area (TPSA) is 89.0 Å². The highest BCUT2D eigenvalue weighted by Crippen LogP contribution is 2.33. The summed E-state index contributed by atoms with van der Waals surface area (Å²) in [6.07, 6.45) is 1.64. The van der Waals surface area contributed by atoms with Gasteiger partial charge in [-0.15, -0.1) is 0 Å². The Bertz CT molecular complexity index is 944. The van der Waals surface area contributed by atoms with E-state index >= 15 is 0 Å². The molecular formula is C22H26IN3O4. The summed E-state index contributed by atoms with van der Waals surface area (Å²) in [7, 11) is 1.59. The fourth-order valence-corrected chi connectivity index (χ4v) is 3.53. The Labute approximate surface area is 190 Å². The molecule has 2 aromatic rings. The number of benzene rings is 2. The third-order valence-electron chi connectivity index (χ3n) is 4.40. The molecule has 8 heteroatoms. The van der Waals surface area contributed by atoms with Crippen molar-refractivity contribution in [3.05, 3.63) is 50.6 Å². The number of carbonyl (C=O) groups is 2. The second-order valence-electron chi connectivity index (χ2n) is 6.56. The number of nitrogens with zero attached hydrogens (tertiary/aromatic N) is 1. The molecule has 0 radical (unpaired) electrons. The molecule has 0 spiro atoms. The molecule has 0 aromatic heterocycles. The van der Waals surface area contributed by atoms with E-state index < -0.39 is 0 Å². The van der Waals surface area contributed by atoms with E-state index in [-0.39, 0.29) is 24.7 Å². The van der Waals surface area contributed by atoms with Crippen molar-refractivity contribution in [1.82, 2.24) is 5.43 Å². The maximum Gasteiger partial charge on any atom is 0.240 e. The molecule has 30 heavy (non-hydrogen) atoms. The SMILES string of the molecule is CCOc1cc(C=NNC(=O)CCC(=O)Nc2cccc(C)c2C)cc(I)c1OC. The Hall–Kier alpha value is -2.62. The normalized spacial score (nSPS) is 10.7. The van der Waals surface area contributed by atoms with Crippen molar-refractivity contribution < 1.29 is 19.1 Å². The smallest absolute Gasteiger partial charge is 0.240 e. The molecule has 0 aliphatic carbocycles. The van der Waals surface area contributed by atoms with E-state index in [4.69, 9.17) is 9.47 Å². The number of halogens is 1. The van der Waals surface area contributed by atoms with Crippen molar-refractivity contribution in [3.8, 4) is 11.5 Å². The summed E-state index contributed by atoms with van der Waals surface area (Å²) >= 11 is 2.15. The van der Waals surface area contributed by atoms with Crippen LogP contribution in [0, 0.1) is 17.4 Å². The lowest BCUT2D eigenvalue weighted by Gasteiger charge is -2.11. The van der Waals surface area contributed by atoms with Gasteiger partial charge >= 0.3 is 0 Å². The number of aryl methyl sites for hydroxylation is 1. The first-order valence-corrected chi connectivity index (χ1v) is 10.6. The highest BCUT2D eigenvalue weighted by molar-refractivity contribution is 14.1. The first kappa shape index (κ1) is 23.7. The van der Waals surface area contributed by atoms with E-state index in [9.17, 15) is 9.59 Å². The molecule has 0 aliphatic heterocycles. The maximum absolute atomic E-state index is 12.1. The number of rotatable bonds is 9. The molecule has 2 N–H and O–H groups in total. The highest BCUT2D eigenvalue weighted by Gasteiger charge is 2.11. The molecular weight excluding hydrogens is 497 g/mol. The molecule has 0 saturated carbocycles. The Balaban J connectivity index is 1.87. The number of methoxy groups -OCH3 is 1. The minimum absolute atomic E-state index is 0.0401. The molecule has 2 rings (SSSR count). The van der Waals surface area contributed by atoms with Gasteiger partial charge in [0.25, 0.3) is 0 Å². The van der Waals surface area contributed by atoms with E-state index in [1.807, 2.05) is 45.0 Å². The summed E-state index contributed by atoms with van der Waals surface area (Å²) in [6, 6.07) is 9.37. The number of amides is 2. The van der Waals surface area contributed by atoms with E-state index in [0.29, 0.717) is 18.1 Å². The Morgan fingerprint density at radius 2 is 1.90 bits per heavy atom.